The number of carbonyl (C=O) groups is 1. The summed E-state index contributed by atoms with van der Waals surface area (Å²) >= 11 is 0. The molecule has 0 bridgehead atoms. The Morgan fingerprint density at radius 3 is 2.67 bits per heavy atom. The summed E-state index contributed by atoms with van der Waals surface area (Å²) in [6, 6.07) is 0.453. The van der Waals surface area contributed by atoms with Crippen molar-refractivity contribution >= 4 is 6.09 Å². The molecule has 1 N–H and O–H groups in total. The number of amides is 1. The van der Waals surface area contributed by atoms with Crippen LogP contribution >= 0.6 is 0 Å². The summed E-state index contributed by atoms with van der Waals surface area (Å²) in [5.41, 5.74) is 0. The van der Waals surface area contributed by atoms with Crippen molar-refractivity contribution in [1.29, 1.82) is 0 Å². The highest BCUT2D eigenvalue weighted by Crippen LogP contribution is 2.06. The van der Waals surface area contributed by atoms with E-state index in [1.165, 1.54) is 6.42 Å². The zero-order valence-corrected chi connectivity index (χ0v) is 10.4. The van der Waals surface area contributed by atoms with Crippen LogP contribution in [0.4, 0.5) is 4.79 Å². The number of hydrogen-bond acceptors (Lipinski definition) is 3. The fourth-order valence-corrected chi connectivity index (χ4v) is 1.55. The molecule has 4 nitrogen and oxygen atoms in total. The van der Waals surface area contributed by atoms with Gasteiger partial charge >= 0.3 is 6.09 Å². The minimum atomic E-state index is -0.226. The van der Waals surface area contributed by atoms with Crippen LogP contribution in [0.2, 0.25) is 0 Å². The molecule has 1 aliphatic heterocycles. The van der Waals surface area contributed by atoms with Crippen LogP contribution in [0.25, 0.3) is 0 Å². The molecule has 1 rings (SSSR count). The highest BCUT2D eigenvalue weighted by molar-refractivity contribution is 5.67. The Kier molecular flexibility index (Phi) is 8.09. The van der Waals surface area contributed by atoms with Crippen LogP contribution in [-0.4, -0.2) is 43.8 Å². The fourth-order valence-electron chi connectivity index (χ4n) is 1.55. The van der Waals surface area contributed by atoms with E-state index in [-0.39, 0.29) is 6.09 Å². The van der Waals surface area contributed by atoms with Crippen LogP contribution in [0.15, 0.2) is 0 Å². The van der Waals surface area contributed by atoms with Gasteiger partial charge in [0.05, 0.1) is 6.61 Å². The number of hydrogen-bond donors (Lipinski definition) is 1. The summed E-state index contributed by atoms with van der Waals surface area (Å²) < 4.78 is 4.87. The van der Waals surface area contributed by atoms with E-state index in [0.717, 1.165) is 19.5 Å². The minimum absolute atomic E-state index is 0.226. The zero-order valence-electron chi connectivity index (χ0n) is 10.4. The van der Waals surface area contributed by atoms with Gasteiger partial charge in [0.15, 0.2) is 0 Å². The zero-order chi connectivity index (χ0) is 11.7. The van der Waals surface area contributed by atoms with Crippen molar-refractivity contribution in [1.82, 2.24) is 10.2 Å². The Morgan fingerprint density at radius 2 is 2.20 bits per heavy atom. The summed E-state index contributed by atoms with van der Waals surface area (Å²) in [5.74, 6) is 0. The lowest BCUT2D eigenvalue weighted by atomic mass is 10.2. The number of ether oxygens (including phenoxy) is 1. The van der Waals surface area contributed by atoms with Crippen LogP contribution in [0.5, 0.6) is 0 Å². The molecule has 0 aromatic rings. The highest BCUT2D eigenvalue weighted by atomic mass is 16.5. The third-order valence-corrected chi connectivity index (χ3v) is 2.24. The predicted molar refractivity (Wildman–Crippen MR) is 62.0 cm³/mol. The molecular weight excluding hydrogens is 192 g/mol. The van der Waals surface area contributed by atoms with E-state index in [4.69, 9.17) is 4.74 Å². The third-order valence-electron chi connectivity index (χ3n) is 2.24. The second-order valence-electron chi connectivity index (χ2n) is 3.37. The van der Waals surface area contributed by atoms with E-state index in [9.17, 15) is 4.79 Å². The molecule has 1 unspecified atom stereocenters. The van der Waals surface area contributed by atoms with Crippen molar-refractivity contribution in [3.63, 3.8) is 0 Å². The summed E-state index contributed by atoms with van der Waals surface area (Å²) in [6.45, 7) is 8.08. The topological polar surface area (TPSA) is 41.6 Å². The Balaban J connectivity index is 0.000000921. The minimum Gasteiger partial charge on any atom is -0.450 e. The monoisotopic (exact) mass is 216 g/mol. The van der Waals surface area contributed by atoms with Crippen molar-refractivity contribution in [2.75, 3.05) is 26.7 Å². The lowest BCUT2D eigenvalue weighted by Gasteiger charge is -2.20. The van der Waals surface area contributed by atoms with Gasteiger partial charge in [-0.3, -0.25) is 0 Å². The molecule has 4 heteroatoms. The number of nitrogens with zero attached hydrogens (tertiary/aromatic N) is 1. The van der Waals surface area contributed by atoms with Crippen molar-refractivity contribution in [3.05, 3.63) is 0 Å². The number of likely N-dealkylation sites (N-methyl/N-ethyl adjacent to an activating group) is 1. The van der Waals surface area contributed by atoms with Crippen molar-refractivity contribution in [3.8, 4) is 0 Å². The Labute approximate surface area is 93.0 Å². The molecule has 15 heavy (non-hydrogen) atoms. The average Bonchev–Trinajstić information content (AvgIpc) is 2.74. The van der Waals surface area contributed by atoms with Gasteiger partial charge in [-0.2, -0.15) is 0 Å². The standard InChI is InChI=1S/C9H18N2O2.C2H6/c1-3-13-9(12)11(2)7-8-5-4-6-10-8;1-2/h8,10H,3-7H2,1-2H3;1-2H3. The first-order valence-electron chi connectivity index (χ1n) is 5.85. The first-order chi connectivity index (χ1) is 7.24. The van der Waals surface area contributed by atoms with Gasteiger partial charge in [0.1, 0.15) is 0 Å². The Bertz CT molecular complexity index is 168. The van der Waals surface area contributed by atoms with Crippen molar-refractivity contribution in [2.45, 2.75) is 39.7 Å². The molecule has 1 amide bonds. The molecule has 0 aliphatic carbocycles. The summed E-state index contributed by atoms with van der Waals surface area (Å²) in [7, 11) is 1.78. The molecule has 1 atom stereocenters. The van der Waals surface area contributed by atoms with Crippen LogP contribution in [-0.2, 0) is 4.74 Å². The highest BCUT2D eigenvalue weighted by Gasteiger charge is 2.18. The maximum atomic E-state index is 11.2. The molecule has 1 fully saturated rings. The largest absolute Gasteiger partial charge is 0.450 e. The smallest absolute Gasteiger partial charge is 0.409 e. The van der Waals surface area contributed by atoms with Crippen molar-refractivity contribution in [2.24, 2.45) is 0 Å². The predicted octanol–water partition coefficient (Wildman–Crippen LogP) is 1.85. The first kappa shape index (κ1) is 14.2. The van der Waals surface area contributed by atoms with Crippen LogP contribution < -0.4 is 5.32 Å². The van der Waals surface area contributed by atoms with E-state index in [1.807, 2.05) is 20.8 Å². The average molecular weight is 216 g/mol. The summed E-state index contributed by atoms with van der Waals surface area (Å²) in [6.07, 6.45) is 2.14. The SMILES string of the molecule is CC.CCOC(=O)N(C)CC1CCCN1. The maximum Gasteiger partial charge on any atom is 0.409 e. The molecular formula is C11H24N2O2. The quantitative estimate of drug-likeness (QED) is 0.783. The lowest BCUT2D eigenvalue weighted by molar-refractivity contribution is 0.113. The van der Waals surface area contributed by atoms with Crippen molar-refractivity contribution < 1.29 is 9.53 Å². The van der Waals surface area contributed by atoms with Gasteiger partial charge in [0.25, 0.3) is 0 Å². The molecule has 1 heterocycles. The Morgan fingerprint density at radius 1 is 1.53 bits per heavy atom. The van der Waals surface area contributed by atoms with E-state index in [0.29, 0.717) is 12.6 Å². The Hall–Kier alpha value is -0.770. The van der Waals surface area contributed by atoms with E-state index in [2.05, 4.69) is 5.32 Å². The lowest BCUT2D eigenvalue weighted by Crippen LogP contribution is -2.38. The van der Waals surface area contributed by atoms with E-state index < -0.39 is 0 Å². The van der Waals surface area contributed by atoms with Gasteiger partial charge in [-0.05, 0) is 26.3 Å². The molecule has 0 radical (unpaired) electrons. The summed E-state index contributed by atoms with van der Waals surface area (Å²) in [4.78, 5) is 12.8. The first-order valence-corrected chi connectivity index (χ1v) is 5.85. The van der Waals surface area contributed by atoms with E-state index in [1.54, 1.807) is 11.9 Å². The molecule has 1 saturated heterocycles. The number of rotatable bonds is 3. The second-order valence-corrected chi connectivity index (χ2v) is 3.37. The molecule has 0 saturated carbocycles. The maximum absolute atomic E-state index is 11.2. The fraction of sp³-hybridized carbons (Fsp3) is 0.909. The molecule has 90 valence electrons. The van der Waals surface area contributed by atoms with Gasteiger partial charge in [0.2, 0.25) is 0 Å². The third kappa shape index (κ3) is 5.62. The molecule has 0 aromatic heterocycles. The normalized spacial score (nSPS) is 19.1. The van der Waals surface area contributed by atoms with Gasteiger partial charge in [0, 0.05) is 19.6 Å². The van der Waals surface area contributed by atoms with Gasteiger partial charge in [-0.1, -0.05) is 13.8 Å². The van der Waals surface area contributed by atoms with E-state index >= 15 is 0 Å². The van der Waals surface area contributed by atoms with Crippen LogP contribution in [0.3, 0.4) is 0 Å². The van der Waals surface area contributed by atoms with Gasteiger partial charge in [-0.25, -0.2) is 4.79 Å². The molecule has 0 aromatic carbocycles. The number of carbonyl (C=O) groups excluding carboxylic acids is 1. The second kappa shape index (κ2) is 8.53. The van der Waals surface area contributed by atoms with Gasteiger partial charge < -0.3 is 15.0 Å². The number of nitrogens with one attached hydrogen (secondary N) is 1. The summed E-state index contributed by atoms with van der Waals surface area (Å²) in [5, 5.41) is 3.34. The van der Waals surface area contributed by atoms with Crippen LogP contribution in [0, 0.1) is 0 Å². The molecule has 1 aliphatic rings. The van der Waals surface area contributed by atoms with Gasteiger partial charge in [-0.15, -0.1) is 0 Å². The van der Waals surface area contributed by atoms with Crippen LogP contribution in [0.1, 0.15) is 33.6 Å². The molecule has 0 spiro atoms.